The number of hydrogen-bond acceptors (Lipinski definition) is 3. The molecule has 5 nitrogen and oxygen atoms in total. The minimum atomic E-state index is -0.880. The van der Waals surface area contributed by atoms with Gasteiger partial charge in [0, 0.05) is 12.1 Å². The van der Waals surface area contributed by atoms with Gasteiger partial charge in [-0.1, -0.05) is 6.42 Å². The summed E-state index contributed by atoms with van der Waals surface area (Å²) in [7, 11) is 1.61. The summed E-state index contributed by atoms with van der Waals surface area (Å²) in [6.07, 6.45) is 3.01. The molecule has 1 heterocycles. The van der Waals surface area contributed by atoms with E-state index in [0.29, 0.717) is 18.0 Å². The van der Waals surface area contributed by atoms with Crippen LogP contribution in [0.3, 0.4) is 0 Å². The predicted octanol–water partition coefficient (Wildman–Crippen LogP) is 2.64. The molecule has 0 bridgehead atoms. The van der Waals surface area contributed by atoms with Crippen molar-refractivity contribution in [1.29, 1.82) is 0 Å². The largest absolute Gasteiger partial charge is 0.496 e. The number of aliphatic carboxylic acids is 1. The average Bonchev–Trinajstić information content (AvgIpc) is 3.05. The molecule has 1 amide bonds. The molecule has 2 fully saturated rings. The molecule has 1 aromatic rings. The number of aryl methyl sites for hydroxylation is 2. The topological polar surface area (TPSA) is 66.8 Å². The van der Waals surface area contributed by atoms with Gasteiger partial charge in [0.25, 0.3) is 5.91 Å². The Morgan fingerprint density at radius 1 is 1.22 bits per heavy atom. The third-order valence-corrected chi connectivity index (χ3v) is 5.32. The van der Waals surface area contributed by atoms with E-state index in [1.165, 1.54) is 0 Å². The maximum Gasteiger partial charge on any atom is 0.326 e. The van der Waals surface area contributed by atoms with Gasteiger partial charge in [-0.15, -0.1) is 0 Å². The quantitative estimate of drug-likeness (QED) is 0.930. The summed E-state index contributed by atoms with van der Waals surface area (Å²) in [5.41, 5.74) is 2.33. The second kappa shape index (κ2) is 5.87. The molecule has 0 spiro atoms. The number of amides is 1. The molecule has 0 unspecified atom stereocenters. The van der Waals surface area contributed by atoms with Gasteiger partial charge in [0.15, 0.2) is 0 Å². The summed E-state index contributed by atoms with van der Waals surface area (Å²) < 4.78 is 5.34. The van der Waals surface area contributed by atoms with Gasteiger partial charge in [-0.3, -0.25) is 4.79 Å². The third kappa shape index (κ3) is 2.58. The molecule has 1 saturated heterocycles. The second-order valence-corrected chi connectivity index (χ2v) is 6.74. The van der Waals surface area contributed by atoms with E-state index in [4.69, 9.17) is 4.74 Å². The number of nitrogens with zero attached hydrogens (tertiary/aromatic N) is 1. The van der Waals surface area contributed by atoms with Crippen molar-refractivity contribution >= 4 is 11.9 Å². The van der Waals surface area contributed by atoms with Gasteiger partial charge >= 0.3 is 5.97 Å². The Kier molecular flexibility index (Phi) is 4.04. The smallest absolute Gasteiger partial charge is 0.326 e. The number of carbonyl (C=O) groups is 2. The second-order valence-electron chi connectivity index (χ2n) is 6.74. The lowest BCUT2D eigenvalue weighted by Gasteiger charge is -2.25. The van der Waals surface area contributed by atoms with Crippen molar-refractivity contribution in [3.8, 4) is 5.75 Å². The summed E-state index contributed by atoms with van der Waals surface area (Å²) in [5, 5.41) is 9.60. The van der Waals surface area contributed by atoms with Crippen LogP contribution >= 0.6 is 0 Å². The van der Waals surface area contributed by atoms with E-state index in [1.54, 1.807) is 24.1 Å². The molecule has 0 aromatic heterocycles. The van der Waals surface area contributed by atoms with Crippen LogP contribution in [0.5, 0.6) is 5.75 Å². The van der Waals surface area contributed by atoms with Gasteiger partial charge < -0.3 is 14.7 Å². The predicted molar refractivity (Wildman–Crippen MR) is 85.8 cm³/mol. The van der Waals surface area contributed by atoms with Crippen molar-refractivity contribution < 1.29 is 19.4 Å². The van der Waals surface area contributed by atoms with E-state index in [-0.39, 0.29) is 11.8 Å². The van der Waals surface area contributed by atoms with Crippen molar-refractivity contribution in [3.63, 3.8) is 0 Å². The molecule has 124 valence electrons. The van der Waals surface area contributed by atoms with Gasteiger partial charge in [0.1, 0.15) is 11.8 Å². The van der Waals surface area contributed by atoms with Crippen LogP contribution in [0, 0.1) is 25.7 Å². The molecule has 1 aromatic carbocycles. The number of fused-ring (bicyclic) bond motifs is 1. The van der Waals surface area contributed by atoms with Gasteiger partial charge in [-0.25, -0.2) is 4.79 Å². The molecule has 1 aliphatic heterocycles. The first-order valence-electron chi connectivity index (χ1n) is 8.13. The molecule has 2 aliphatic rings. The molecular weight excluding hydrogens is 294 g/mol. The summed E-state index contributed by atoms with van der Waals surface area (Å²) in [5.74, 6) is 0.155. The highest BCUT2D eigenvalue weighted by Crippen LogP contribution is 2.43. The standard InChI is InChI=1S/C18H23NO4/c1-10-7-13(8-11(2)16(10)23-3)17(20)19-9-12-5-4-6-14(12)15(19)18(21)22/h7-8,12,14-15H,4-6,9H2,1-3H3,(H,21,22)/t12-,14-,15-/m0/s1. The fourth-order valence-corrected chi connectivity index (χ4v) is 4.39. The van der Waals surface area contributed by atoms with Crippen LogP contribution < -0.4 is 4.74 Å². The van der Waals surface area contributed by atoms with Gasteiger partial charge in [0.2, 0.25) is 0 Å². The van der Waals surface area contributed by atoms with Crippen LogP contribution in [0.15, 0.2) is 12.1 Å². The maximum atomic E-state index is 12.9. The lowest BCUT2D eigenvalue weighted by molar-refractivity contribution is -0.142. The summed E-state index contributed by atoms with van der Waals surface area (Å²) in [6, 6.07) is 2.90. The van der Waals surface area contributed by atoms with Crippen molar-refractivity contribution in [2.24, 2.45) is 11.8 Å². The van der Waals surface area contributed by atoms with Crippen molar-refractivity contribution in [2.45, 2.75) is 39.2 Å². The van der Waals surface area contributed by atoms with Crippen LogP contribution in [0.1, 0.15) is 40.7 Å². The Morgan fingerprint density at radius 2 is 1.87 bits per heavy atom. The van der Waals surface area contributed by atoms with Gasteiger partial charge in [-0.05, 0) is 61.8 Å². The number of methoxy groups -OCH3 is 1. The average molecular weight is 317 g/mol. The van der Waals surface area contributed by atoms with Crippen LogP contribution in [0.25, 0.3) is 0 Å². The maximum absolute atomic E-state index is 12.9. The molecule has 1 N–H and O–H groups in total. The molecule has 23 heavy (non-hydrogen) atoms. The number of carboxylic acid groups (broad SMARTS) is 1. The zero-order chi connectivity index (χ0) is 16.7. The summed E-state index contributed by atoms with van der Waals surface area (Å²) >= 11 is 0. The normalized spacial score (nSPS) is 26.2. The lowest BCUT2D eigenvalue weighted by Crippen LogP contribution is -2.43. The molecular formula is C18H23NO4. The number of ether oxygens (including phenoxy) is 1. The Bertz CT molecular complexity index is 631. The molecule has 5 heteroatoms. The molecule has 3 rings (SSSR count). The van der Waals surface area contributed by atoms with E-state index in [2.05, 4.69) is 0 Å². The van der Waals surface area contributed by atoms with Crippen LogP contribution in [0.4, 0.5) is 0 Å². The van der Waals surface area contributed by atoms with Gasteiger partial charge in [0.05, 0.1) is 7.11 Å². The number of likely N-dealkylation sites (tertiary alicyclic amines) is 1. The van der Waals surface area contributed by atoms with E-state index >= 15 is 0 Å². The first-order chi connectivity index (χ1) is 10.9. The number of hydrogen-bond donors (Lipinski definition) is 1. The molecule has 3 atom stereocenters. The SMILES string of the molecule is COc1c(C)cc(C(=O)N2C[C@@H]3CCC[C@@H]3[C@H]2C(=O)O)cc1C. The van der Waals surface area contributed by atoms with Crippen LogP contribution in [-0.4, -0.2) is 41.6 Å². The highest BCUT2D eigenvalue weighted by molar-refractivity contribution is 5.97. The zero-order valence-corrected chi connectivity index (χ0v) is 13.8. The number of carbonyl (C=O) groups excluding carboxylic acids is 1. The number of benzene rings is 1. The molecule has 0 radical (unpaired) electrons. The number of rotatable bonds is 3. The van der Waals surface area contributed by atoms with E-state index < -0.39 is 12.0 Å². The third-order valence-electron chi connectivity index (χ3n) is 5.32. The fourth-order valence-electron chi connectivity index (χ4n) is 4.39. The summed E-state index contributed by atoms with van der Waals surface area (Å²) in [6.45, 7) is 4.36. The lowest BCUT2D eigenvalue weighted by atomic mass is 9.94. The first-order valence-corrected chi connectivity index (χ1v) is 8.13. The van der Waals surface area contributed by atoms with E-state index in [0.717, 1.165) is 36.1 Å². The number of carboxylic acids is 1. The first kappa shape index (κ1) is 15.8. The highest BCUT2D eigenvalue weighted by atomic mass is 16.5. The van der Waals surface area contributed by atoms with Crippen molar-refractivity contribution in [3.05, 3.63) is 28.8 Å². The highest BCUT2D eigenvalue weighted by Gasteiger charge is 2.49. The Hall–Kier alpha value is -2.04. The summed E-state index contributed by atoms with van der Waals surface area (Å²) in [4.78, 5) is 26.2. The monoisotopic (exact) mass is 317 g/mol. The molecule has 1 saturated carbocycles. The van der Waals surface area contributed by atoms with Crippen LogP contribution in [-0.2, 0) is 4.79 Å². The minimum absolute atomic E-state index is 0.108. The van der Waals surface area contributed by atoms with E-state index in [9.17, 15) is 14.7 Å². The van der Waals surface area contributed by atoms with Crippen molar-refractivity contribution in [2.75, 3.05) is 13.7 Å². The Balaban J connectivity index is 1.92. The molecule has 1 aliphatic carbocycles. The van der Waals surface area contributed by atoms with Gasteiger partial charge in [-0.2, -0.15) is 0 Å². The zero-order valence-electron chi connectivity index (χ0n) is 13.8. The minimum Gasteiger partial charge on any atom is -0.496 e. The Labute approximate surface area is 136 Å². The Morgan fingerprint density at radius 3 is 2.43 bits per heavy atom. The van der Waals surface area contributed by atoms with E-state index in [1.807, 2.05) is 13.8 Å². The fraction of sp³-hybridized carbons (Fsp3) is 0.556. The van der Waals surface area contributed by atoms with Crippen molar-refractivity contribution in [1.82, 2.24) is 4.90 Å². The van der Waals surface area contributed by atoms with Crippen LogP contribution in [0.2, 0.25) is 0 Å².